The van der Waals surface area contributed by atoms with Crippen LogP contribution in [0.2, 0.25) is 0 Å². The van der Waals surface area contributed by atoms with Crippen molar-refractivity contribution in [1.82, 2.24) is 4.98 Å². The summed E-state index contributed by atoms with van der Waals surface area (Å²) in [5.41, 5.74) is 0.650. The third kappa shape index (κ3) is 1.98. The SMILES string of the molecule is O=[N+]([O-])c1c(NC2(CO)CCC2)ccc2ncccc12. The zero-order valence-electron chi connectivity index (χ0n) is 10.9. The van der Waals surface area contributed by atoms with Crippen molar-refractivity contribution < 1.29 is 10.0 Å². The summed E-state index contributed by atoms with van der Waals surface area (Å²) in [5.74, 6) is 0. The Morgan fingerprint density at radius 2 is 2.20 bits per heavy atom. The van der Waals surface area contributed by atoms with E-state index in [2.05, 4.69) is 10.3 Å². The number of nitrogens with zero attached hydrogens (tertiary/aromatic N) is 2. The Labute approximate surface area is 115 Å². The zero-order chi connectivity index (χ0) is 14.2. The third-order valence-electron chi connectivity index (χ3n) is 3.95. The first kappa shape index (κ1) is 12.8. The van der Waals surface area contributed by atoms with Gasteiger partial charge in [0, 0.05) is 6.20 Å². The van der Waals surface area contributed by atoms with Gasteiger partial charge in [0.15, 0.2) is 0 Å². The molecule has 6 nitrogen and oxygen atoms in total. The molecule has 0 saturated heterocycles. The highest BCUT2D eigenvalue weighted by molar-refractivity contribution is 5.94. The van der Waals surface area contributed by atoms with Crippen molar-refractivity contribution in [3.63, 3.8) is 0 Å². The largest absolute Gasteiger partial charge is 0.394 e. The molecule has 20 heavy (non-hydrogen) atoms. The van der Waals surface area contributed by atoms with Crippen molar-refractivity contribution >= 4 is 22.3 Å². The second-order valence-corrected chi connectivity index (χ2v) is 5.21. The molecule has 0 radical (unpaired) electrons. The highest BCUT2D eigenvalue weighted by Crippen LogP contribution is 2.39. The van der Waals surface area contributed by atoms with E-state index in [1.807, 2.05) is 0 Å². The van der Waals surface area contributed by atoms with Crippen LogP contribution in [0.25, 0.3) is 10.9 Å². The minimum absolute atomic E-state index is 0.0186. The number of hydrogen-bond acceptors (Lipinski definition) is 5. The van der Waals surface area contributed by atoms with Crippen molar-refractivity contribution in [3.05, 3.63) is 40.6 Å². The van der Waals surface area contributed by atoms with Gasteiger partial charge in [0.1, 0.15) is 5.69 Å². The molecule has 0 unspecified atom stereocenters. The van der Waals surface area contributed by atoms with E-state index in [9.17, 15) is 15.2 Å². The molecule has 1 aliphatic carbocycles. The van der Waals surface area contributed by atoms with Gasteiger partial charge in [0.05, 0.1) is 28.0 Å². The molecule has 1 saturated carbocycles. The molecule has 2 N–H and O–H groups in total. The number of rotatable bonds is 4. The zero-order valence-corrected chi connectivity index (χ0v) is 10.9. The van der Waals surface area contributed by atoms with Crippen molar-refractivity contribution in [1.29, 1.82) is 0 Å². The van der Waals surface area contributed by atoms with Crippen LogP contribution in [0.5, 0.6) is 0 Å². The second kappa shape index (κ2) is 4.72. The van der Waals surface area contributed by atoms with Gasteiger partial charge in [-0.15, -0.1) is 0 Å². The highest BCUT2D eigenvalue weighted by atomic mass is 16.6. The third-order valence-corrected chi connectivity index (χ3v) is 3.95. The molecule has 1 heterocycles. The van der Waals surface area contributed by atoms with Crippen LogP contribution in [0, 0.1) is 10.1 Å². The van der Waals surface area contributed by atoms with E-state index in [4.69, 9.17) is 0 Å². The van der Waals surface area contributed by atoms with Gasteiger partial charge in [-0.05, 0) is 43.5 Å². The van der Waals surface area contributed by atoms with E-state index in [0.29, 0.717) is 16.6 Å². The molecular weight excluding hydrogens is 258 g/mol. The maximum Gasteiger partial charge on any atom is 0.301 e. The number of anilines is 1. The minimum atomic E-state index is -0.416. The molecule has 1 aromatic heterocycles. The number of nitro benzene ring substituents is 1. The average Bonchev–Trinajstić information content (AvgIpc) is 2.42. The van der Waals surface area contributed by atoms with Gasteiger partial charge in [-0.3, -0.25) is 15.1 Å². The Bertz CT molecular complexity index is 662. The molecule has 6 heteroatoms. The lowest BCUT2D eigenvalue weighted by molar-refractivity contribution is -0.382. The van der Waals surface area contributed by atoms with Crippen molar-refractivity contribution in [3.8, 4) is 0 Å². The molecule has 0 atom stereocenters. The quantitative estimate of drug-likeness (QED) is 0.660. The predicted octanol–water partition coefficient (Wildman–Crippen LogP) is 2.47. The topological polar surface area (TPSA) is 88.3 Å². The van der Waals surface area contributed by atoms with E-state index in [0.717, 1.165) is 19.3 Å². The van der Waals surface area contributed by atoms with Gasteiger partial charge in [0.2, 0.25) is 0 Å². The van der Waals surface area contributed by atoms with Crippen molar-refractivity contribution in [2.45, 2.75) is 24.8 Å². The minimum Gasteiger partial charge on any atom is -0.394 e. The number of benzene rings is 1. The van der Waals surface area contributed by atoms with Crippen LogP contribution < -0.4 is 5.32 Å². The summed E-state index contributed by atoms with van der Waals surface area (Å²) in [6, 6.07) is 6.81. The first-order valence-electron chi connectivity index (χ1n) is 6.56. The maximum absolute atomic E-state index is 11.4. The first-order valence-corrected chi connectivity index (χ1v) is 6.56. The number of hydrogen-bond donors (Lipinski definition) is 2. The monoisotopic (exact) mass is 273 g/mol. The number of fused-ring (bicyclic) bond motifs is 1. The van der Waals surface area contributed by atoms with Crippen LogP contribution >= 0.6 is 0 Å². The molecule has 3 rings (SSSR count). The summed E-state index contributed by atoms with van der Waals surface area (Å²) in [7, 11) is 0. The van der Waals surface area contributed by atoms with Crippen LogP contribution in [0.15, 0.2) is 30.5 Å². The molecule has 0 amide bonds. The van der Waals surface area contributed by atoms with Crippen LogP contribution in [-0.2, 0) is 0 Å². The van der Waals surface area contributed by atoms with Gasteiger partial charge < -0.3 is 10.4 Å². The maximum atomic E-state index is 11.4. The Morgan fingerprint density at radius 1 is 1.40 bits per heavy atom. The summed E-state index contributed by atoms with van der Waals surface area (Å²) in [5, 5.41) is 24.6. The van der Waals surface area contributed by atoms with Crippen LogP contribution in [-0.4, -0.2) is 27.2 Å². The number of aliphatic hydroxyl groups is 1. The molecular formula is C14H15N3O3. The Hall–Kier alpha value is -2.21. The number of aliphatic hydroxyl groups excluding tert-OH is 1. The fourth-order valence-corrected chi connectivity index (χ4v) is 2.65. The molecule has 2 aromatic rings. The lowest BCUT2D eigenvalue weighted by atomic mass is 9.77. The van der Waals surface area contributed by atoms with Crippen LogP contribution in [0.1, 0.15) is 19.3 Å². The normalized spacial score (nSPS) is 16.6. The molecule has 0 bridgehead atoms. The Morgan fingerprint density at radius 3 is 2.80 bits per heavy atom. The molecule has 1 aromatic carbocycles. The summed E-state index contributed by atoms with van der Waals surface area (Å²) in [6.07, 6.45) is 4.29. The summed E-state index contributed by atoms with van der Waals surface area (Å²) in [4.78, 5) is 15.1. The van der Waals surface area contributed by atoms with Gasteiger partial charge >= 0.3 is 5.69 Å². The van der Waals surface area contributed by atoms with Crippen LogP contribution in [0.4, 0.5) is 11.4 Å². The molecule has 0 spiro atoms. The van der Waals surface area contributed by atoms with E-state index >= 15 is 0 Å². The molecule has 104 valence electrons. The van der Waals surface area contributed by atoms with Gasteiger partial charge in [-0.25, -0.2) is 0 Å². The summed E-state index contributed by atoms with van der Waals surface area (Å²) in [6.45, 7) is -0.0186. The lowest BCUT2D eigenvalue weighted by Gasteiger charge is -2.41. The van der Waals surface area contributed by atoms with E-state index in [1.54, 1.807) is 30.5 Å². The van der Waals surface area contributed by atoms with Gasteiger partial charge in [-0.1, -0.05) is 0 Å². The fraction of sp³-hybridized carbons (Fsp3) is 0.357. The standard InChI is InChI=1S/C14H15N3O3/c18-9-14(6-2-7-14)16-12-5-4-11-10(3-1-8-15-11)13(12)17(19)20/h1,3-5,8,16,18H,2,6-7,9H2. The van der Waals surface area contributed by atoms with E-state index in [1.165, 1.54) is 0 Å². The predicted molar refractivity (Wildman–Crippen MR) is 75.7 cm³/mol. The fourth-order valence-electron chi connectivity index (χ4n) is 2.65. The second-order valence-electron chi connectivity index (χ2n) is 5.21. The van der Waals surface area contributed by atoms with Crippen molar-refractivity contribution in [2.75, 3.05) is 11.9 Å². The molecule has 1 aliphatic rings. The Balaban J connectivity index is 2.10. The van der Waals surface area contributed by atoms with Crippen LogP contribution in [0.3, 0.4) is 0 Å². The van der Waals surface area contributed by atoms with Gasteiger partial charge in [0.25, 0.3) is 0 Å². The summed E-state index contributed by atoms with van der Waals surface area (Å²) < 4.78 is 0. The number of pyridine rings is 1. The number of aromatic nitrogens is 1. The van der Waals surface area contributed by atoms with E-state index < -0.39 is 10.5 Å². The Kier molecular flexibility index (Phi) is 3.02. The van der Waals surface area contributed by atoms with Gasteiger partial charge in [-0.2, -0.15) is 0 Å². The molecule has 0 aliphatic heterocycles. The number of nitrogens with one attached hydrogen (secondary N) is 1. The van der Waals surface area contributed by atoms with E-state index in [-0.39, 0.29) is 12.3 Å². The smallest absolute Gasteiger partial charge is 0.301 e. The average molecular weight is 273 g/mol. The number of nitro groups is 1. The lowest BCUT2D eigenvalue weighted by Crippen LogP contribution is -2.48. The van der Waals surface area contributed by atoms with Crippen molar-refractivity contribution in [2.24, 2.45) is 0 Å². The molecule has 1 fully saturated rings. The first-order chi connectivity index (χ1) is 9.65. The summed E-state index contributed by atoms with van der Waals surface area (Å²) >= 11 is 0. The highest BCUT2D eigenvalue weighted by Gasteiger charge is 2.38.